The van der Waals surface area contributed by atoms with Gasteiger partial charge in [0.05, 0.1) is 0 Å². The first-order valence-corrected chi connectivity index (χ1v) is 6.89. The van der Waals surface area contributed by atoms with Crippen molar-refractivity contribution in [1.82, 2.24) is 19.6 Å². The van der Waals surface area contributed by atoms with Crippen molar-refractivity contribution >= 4 is 5.65 Å². The minimum Gasteiger partial charge on any atom is -0.309 e. The molecule has 100 valence electrons. The highest BCUT2D eigenvalue weighted by atomic mass is 16.1. The summed E-state index contributed by atoms with van der Waals surface area (Å²) in [5.74, 6) is 0.607. The van der Waals surface area contributed by atoms with E-state index in [1.807, 2.05) is 30.3 Å². The van der Waals surface area contributed by atoms with Gasteiger partial charge in [0.1, 0.15) is 0 Å². The monoisotopic (exact) mass is 266 g/mol. The largest absolute Gasteiger partial charge is 0.348 e. The Morgan fingerprint density at radius 1 is 1.10 bits per heavy atom. The van der Waals surface area contributed by atoms with Crippen molar-refractivity contribution in [3.8, 4) is 11.4 Å². The smallest absolute Gasteiger partial charge is 0.309 e. The van der Waals surface area contributed by atoms with Gasteiger partial charge in [-0.2, -0.15) is 4.52 Å². The van der Waals surface area contributed by atoms with Crippen LogP contribution in [0.4, 0.5) is 0 Å². The van der Waals surface area contributed by atoms with Crippen molar-refractivity contribution in [2.75, 3.05) is 0 Å². The third-order valence-electron chi connectivity index (χ3n) is 3.83. The molecule has 0 amide bonds. The molecule has 0 saturated carbocycles. The van der Waals surface area contributed by atoms with Crippen molar-refractivity contribution in [2.45, 2.75) is 25.7 Å². The van der Waals surface area contributed by atoms with Crippen molar-refractivity contribution in [3.63, 3.8) is 0 Å². The van der Waals surface area contributed by atoms with Gasteiger partial charge in [-0.15, -0.1) is 5.10 Å². The van der Waals surface area contributed by atoms with Gasteiger partial charge in [-0.1, -0.05) is 30.3 Å². The van der Waals surface area contributed by atoms with Crippen LogP contribution in [-0.2, 0) is 12.8 Å². The number of aryl methyl sites for hydroxylation is 2. The summed E-state index contributed by atoms with van der Waals surface area (Å²) >= 11 is 0. The molecule has 2 heterocycles. The van der Waals surface area contributed by atoms with E-state index in [2.05, 4.69) is 15.1 Å². The van der Waals surface area contributed by atoms with E-state index in [0.29, 0.717) is 11.5 Å². The Morgan fingerprint density at radius 2 is 1.90 bits per heavy atom. The van der Waals surface area contributed by atoms with Crippen LogP contribution in [0.3, 0.4) is 0 Å². The van der Waals surface area contributed by atoms with Crippen molar-refractivity contribution in [3.05, 3.63) is 52.1 Å². The standard InChI is InChI=1S/C15H14N4O/c20-15-16-12-9-5-4-8-11(12)14-17-13(18-19(14)15)10-6-2-1-3-7-10/h1-3,6-7H,4-5,8-9H2,(H,16,20). The zero-order valence-electron chi connectivity index (χ0n) is 11.0. The molecule has 0 saturated heterocycles. The lowest BCUT2D eigenvalue weighted by atomic mass is 9.97. The summed E-state index contributed by atoms with van der Waals surface area (Å²) in [6, 6.07) is 9.75. The second-order valence-electron chi connectivity index (χ2n) is 5.13. The summed E-state index contributed by atoms with van der Waals surface area (Å²) in [5.41, 5.74) is 3.61. The van der Waals surface area contributed by atoms with Gasteiger partial charge in [0.15, 0.2) is 11.5 Å². The van der Waals surface area contributed by atoms with E-state index in [0.717, 1.165) is 42.5 Å². The quantitative estimate of drug-likeness (QED) is 0.732. The van der Waals surface area contributed by atoms with Crippen molar-refractivity contribution < 1.29 is 0 Å². The lowest BCUT2D eigenvalue weighted by molar-refractivity contribution is 0.654. The summed E-state index contributed by atoms with van der Waals surface area (Å²) in [6.07, 6.45) is 4.15. The van der Waals surface area contributed by atoms with Gasteiger partial charge in [0.25, 0.3) is 0 Å². The number of H-pyrrole nitrogens is 1. The number of benzene rings is 1. The minimum atomic E-state index is -0.199. The Bertz CT molecular complexity index is 832. The normalized spacial score (nSPS) is 14.4. The van der Waals surface area contributed by atoms with Gasteiger partial charge in [-0.05, 0) is 25.7 Å². The van der Waals surface area contributed by atoms with E-state index in [-0.39, 0.29) is 5.69 Å². The Balaban J connectivity index is 2.00. The molecule has 5 heteroatoms. The molecular weight excluding hydrogens is 252 g/mol. The number of hydrogen-bond acceptors (Lipinski definition) is 3. The fourth-order valence-electron chi connectivity index (χ4n) is 2.83. The number of aromatic nitrogens is 4. The number of nitrogens with one attached hydrogen (secondary N) is 1. The molecule has 0 radical (unpaired) electrons. The van der Waals surface area contributed by atoms with Crippen LogP contribution in [0.25, 0.3) is 17.0 Å². The molecular formula is C15H14N4O. The van der Waals surface area contributed by atoms with Crippen LogP contribution < -0.4 is 5.69 Å². The molecule has 5 nitrogen and oxygen atoms in total. The average molecular weight is 266 g/mol. The van der Waals surface area contributed by atoms with Crippen LogP contribution in [0, 0.1) is 0 Å². The van der Waals surface area contributed by atoms with Gasteiger partial charge in [-0.3, -0.25) is 0 Å². The Labute approximate surface area is 115 Å². The van der Waals surface area contributed by atoms with Crippen LogP contribution in [0.15, 0.2) is 35.1 Å². The number of nitrogens with zero attached hydrogens (tertiary/aromatic N) is 3. The molecule has 0 aliphatic heterocycles. The molecule has 1 aliphatic carbocycles. The highest BCUT2D eigenvalue weighted by molar-refractivity contribution is 5.60. The predicted octanol–water partition coefficient (Wildman–Crippen LogP) is 1.96. The molecule has 1 aromatic carbocycles. The van der Waals surface area contributed by atoms with E-state index < -0.39 is 0 Å². The van der Waals surface area contributed by atoms with Gasteiger partial charge in [-0.25, -0.2) is 9.78 Å². The topological polar surface area (TPSA) is 63.0 Å². The van der Waals surface area contributed by atoms with E-state index in [1.165, 1.54) is 4.52 Å². The summed E-state index contributed by atoms with van der Waals surface area (Å²) < 4.78 is 1.40. The fraction of sp³-hybridized carbons (Fsp3) is 0.267. The Morgan fingerprint density at radius 3 is 2.75 bits per heavy atom. The van der Waals surface area contributed by atoms with Gasteiger partial charge in [0.2, 0.25) is 0 Å². The van der Waals surface area contributed by atoms with E-state index in [9.17, 15) is 4.79 Å². The SMILES string of the molecule is O=c1[nH]c2c(c3nc(-c4ccccc4)nn13)CCCC2. The summed E-state index contributed by atoms with van der Waals surface area (Å²) in [4.78, 5) is 19.6. The minimum absolute atomic E-state index is 0.199. The fourth-order valence-corrected chi connectivity index (χ4v) is 2.83. The molecule has 3 aromatic rings. The molecule has 1 N–H and O–H groups in total. The first-order chi connectivity index (χ1) is 9.83. The number of rotatable bonds is 1. The molecule has 0 atom stereocenters. The van der Waals surface area contributed by atoms with E-state index >= 15 is 0 Å². The first kappa shape index (κ1) is 11.4. The first-order valence-electron chi connectivity index (χ1n) is 6.89. The number of hydrogen-bond donors (Lipinski definition) is 1. The van der Waals surface area contributed by atoms with Gasteiger partial charge < -0.3 is 4.98 Å². The molecule has 0 spiro atoms. The molecule has 0 unspecified atom stereocenters. The number of fused-ring (bicyclic) bond motifs is 3. The maximum Gasteiger partial charge on any atom is 0.348 e. The summed E-state index contributed by atoms with van der Waals surface area (Å²) in [5, 5.41) is 4.35. The second kappa shape index (κ2) is 4.30. The highest BCUT2D eigenvalue weighted by Crippen LogP contribution is 2.23. The molecule has 2 aromatic heterocycles. The van der Waals surface area contributed by atoms with E-state index in [4.69, 9.17) is 0 Å². The maximum absolute atomic E-state index is 12.1. The van der Waals surface area contributed by atoms with Crippen molar-refractivity contribution in [1.29, 1.82) is 0 Å². The maximum atomic E-state index is 12.1. The van der Waals surface area contributed by atoms with Crippen molar-refractivity contribution in [2.24, 2.45) is 0 Å². The van der Waals surface area contributed by atoms with Crippen LogP contribution in [0.5, 0.6) is 0 Å². The van der Waals surface area contributed by atoms with Gasteiger partial charge in [0, 0.05) is 16.8 Å². The molecule has 0 fully saturated rings. The van der Waals surface area contributed by atoms with Gasteiger partial charge >= 0.3 is 5.69 Å². The van der Waals surface area contributed by atoms with E-state index in [1.54, 1.807) is 0 Å². The van der Waals surface area contributed by atoms with Crippen LogP contribution >= 0.6 is 0 Å². The lowest BCUT2D eigenvalue weighted by Crippen LogP contribution is -2.23. The van der Waals surface area contributed by atoms with Crippen LogP contribution in [0.1, 0.15) is 24.1 Å². The Hall–Kier alpha value is -2.43. The molecule has 20 heavy (non-hydrogen) atoms. The zero-order chi connectivity index (χ0) is 13.5. The third-order valence-corrected chi connectivity index (χ3v) is 3.83. The molecule has 4 rings (SSSR count). The average Bonchev–Trinajstić information content (AvgIpc) is 2.94. The lowest BCUT2D eigenvalue weighted by Gasteiger charge is -2.14. The number of aromatic amines is 1. The summed E-state index contributed by atoms with van der Waals surface area (Å²) in [6.45, 7) is 0. The highest BCUT2D eigenvalue weighted by Gasteiger charge is 2.18. The second-order valence-corrected chi connectivity index (χ2v) is 5.13. The predicted molar refractivity (Wildman–Crippen MR) is 75.7 cm³/mol. The molecule has 1 aliphatic rings. The Kier molecular flexibility index (Phi) is 2.45. The van der Waals surface area contributed by atoms with Crippen LogP contribution in [-0.4, -0.2) is 19.6 Å². The zero-order valence-corrected chi connectivity index (χ0v) is 11.0. The molecule has 0 bridgehead atoms. The summed E-state index contributed by atoms with van der Waals surface area (Å²) in [7, 11) is 0. The third kappa shape index (κ3) is 1.66. The van der Waals surface area contributed by atoms with Crippen LogP contribution in [0.2, 0.25) is 0 Å².